The molecule has 0 spiro atoms. The maximum atomic E-state index is 10.4. The highest BCUT2D eigenvalue weighted by Gasteiger charge is 2.14. The van der Waals surface area contributed by atoms with Crippen molar-refractivity contribution in [3.8, 4) is 0 Å². The first-order chi connectivity index (χ1) is 10.1. The second-order valence-corrected chi connectivity index (χ2v) is 5.65. The number of methoxy groups -OCH3 is 1. The van der Waals surface area contributed by atoms with Crippen molar-refractivity contribution in [1.29, 1.82) is 0 Å². The summed E-state index contributed by atoms with van der Waals surface area (Å²) in [7, 11) is 1.66. The normalized spacial score (nSPS) is 12.8. The largest absolute Gasteiger partial charge is 0.388 e. The Morgan fingerprint density at radius 3 is 2.86 bits per heavy atom. The molecule has 0 saturated carbocycles. The van der Waals surface area contributed by atoms with E-state index in [0.717, 1.165) is 23.5 Å². The van der Waals surface area contributed by atoms with Crippen molar-refractivity contribution >= 4 is 0 Å². The summed E-state index contributed by atoms with van der Waals surface area (Å²) in [6.45, 7) is 5.63. The van der Waals surface area contributed by atoms with Crippen molar-refractivity contribution in [3.63, 3.8) is 0 Å². The highest BCUT2D eigenvalue weighted by molar-refractivity contribution is 5.25. The zero-order valence-electron chi connectivity index (χ0n) is 12.9. The smallest absolute Gasteiger partial charge is 0.138 e. The molecule has 1 aromatic carbocycles. The fourth-order valence-electron chi connectivity index (χ4n) is 2.29. The summed E-state index contributed by atoms with van der Waals surface area (Å²) in [5.41, 5.74) is 1.93. The van der Waals surface area contributed by atoms with Gasteiger partial charge in [0.25, 0.3) is 0 Å². The van der Waals surface area contributed by atoms with Crippen LogP contribution in [0.4, 0.5) is 0 Å². The van der Waals surface area contributed by atoms with Gasteiger partial charge >= 0.3 is 0 Å². The van der Waals surface area contributed by atoms with E-state index in [4.69, 9.17) is 4.74 Å². The van der Waals surface area contributed by atoms with Crippen LogP contribution in [0.15, 0.2) is 30.6 Å². The van der Waals surface area contributed by atoms with Crippen LogP contribution in [0.3, 0.4) is 0 Å². The number of nitrogens with zero attached hydrogens (tertiary/aromatic N) is 3. The van der Waals surface area contributed by atoms with Crippen LogP contribution in [0, 0.1) is 5.92 Å². The molecule has 0 aliphatic heterocycles. The maximum absolute atomic E-state index is 10.4. The number of aliphatic hydroxyl groups excluding tert-OH is 1. The molecule has 2 aromatic rings. The number of hydrogen-bond donors (Lipinski definition) is 1. The fraction of sp³-hybridized carbons (Fsp3) is 0.500. The van der Waals surface area contributed by atoms with Crippen molar-refractivity contribution in [2.24, 2.45) is 5.92 Å². The zero-order chi connectivity index (χ0) is 15.2. The van der Waals surface area contributed by atoms with Gasteiger partial charge in [0.1, 0.15) is 12.2 Å². The predicted octanol–water partition coefficient (Wildman–Crippen LogP) is 2.36. The van der Waals surface area contributed by atoms with Crippen molar-refractivity contribution in [1.82, 2.24) is 14.8 Å². The Balaban J connectivity index is 2.09. The molecular weight excluding hydrogens is 266 g/mol. The minimum absolute atomic E-state index is 0.461. The lowest BCUT2D eigenvalue weighted by molar-refractivity contribution is 0.171. The van der Waals surface area contributed by atoms with Crippen LogP contribution in [-0.4, -0.2) is 27.0 Å². The van der Waals surface area contributed by atoms with Crippen LogP contribution < -0.4 is 0 Å². The topological polar surface area (TPSA) is 60.2 Å². The molecule has 0 radical (unpaired) electrons. The van der Waals surface area contributed by atoms with Gasteiger partial charge in [-0.15, -0.1) is 0 Å². The first-order valence-corrected chi connectivity index (χ1v) is 7.22. The van der Waals surface area contributed by atoms with Crippen molar-refractivity contribution < 1.29 is 9.84 Å². The molecule has 0 fully saturated rings. The Morgan fingerprint density at radius 1 is 1.33 bits per heavy atom. The zero-order valence-corrected chi connectivity index (χ0v) is 12.9. The Hall–Kier alpha value is -1.72. The summed E-state index contributed by atoms with van der Waals surface area (Å²) < 4.78 is 6.99. The maximum Gasteiger partial charge on any atom is 0.138 e. The van der Waals surface area contributed by atoms with E-state index in [0.29, 0.717) is 18.9 Å². The Morgan fingerprint density at radius 2 is 2.14 bits per heavy atom. The average Bonchev–Trinajstić information content (AvgIpc) is 2.86. The van der Waals surface area contributed by atoms with E-state index in [-0.39, 0.29) is 0 Å². The second kappa shape index (κ2) is 7.33. The number of hydrogen-bond acceptors (Lipinski definition) is 4. The lowest BCUT2D eigenvalue weighted by atomic mass is 10.0. The highest BCUT2D eigenvalue weighted by Crippen LogP contribution is 2.19. The molecule has 0 aliphatic carbocycles. The quantitative estimate of drug-likeness (QED) is 0.850. The van der Waals surface area contributed by atoms with Crippen molar-refractivity contribution in [2.75, 3.05) is 7.11 Å². The minimum atomic E-state index is -0.586. The second-order valence-electron chi connectivity index (χ2n) is 5.65. The van der Waals surface area contributed by atoms with E-state index in [2.05, 4.69) is 23.9 Å². The summed E-state index contributed by atoms with van der Waals surface area (Å²) >= 11 is 0. The van der Waals surface area contributed by atoms with Gasteiger partial charge in [0.05, 0.1) is 12.7 Å². The predicted molar refractivity (Wildman–Crippen MR) is 80.7 cm³/mol. The van der Waals surface area contributed by atoms with E-state index in [1.807, 2.05) is 28.9 Å². The van der Waals surface area contributed by atoms with Gasteiger partial charge in [-0.05, 0) is 17.0 Å². The van der Waals surface area contributed by atoms with Crippen LogP contribution >= 0.6 is 0 Å². The van der Waals surface area contributed by atoms with Crippen LogP contribution in [0.25, 0.3) is 0 Å². The molecule has 114 valence electrons. The van der Waals surface area contributed by atoms with E-state index in [1.165, 1.54) is 0 Å². The molecule has 0 saturated heterocycles. The molecular formula is C16H23N3O2. The first kappa shape index (κ1) is 15.7. The van der Waals surface area contributed by atoms with Gasteiger partial charge in [0.15, 0.2) is 0 Å². The van der Waals surface area contributed by atoms with Gasteiger partial charge < -0.3 is 9.84 Å². The van der Waals surface area contributed by atoms with Crippen LogP contribution in [0.1, 0.15) is 36.9 Å². The molecule has 21 heavy (non-hydrogen) atoms. The van der Waals surface area contributed by atoms with Gasteiger partial charge in [0.2, 0.25) is 0 Å². The third kappa shape index (κ3) is 4.37. The number of ether oxygens (including phenoxy) is 1. The molecule has 5 heteroatoms. The summed E-state index contributed by atoms with van der Waals surface area (Å²) in [6.07, 6.45) is 1.42. The number of aliphatic hydroxyl groups is 1. The summed E-state index contributed by atoms with van der Waals surface area (Å²) in [4.78, 5) is 4.26. The summed E-state index contributed by atoms with van der Waals surface area (Å²) in [5, 5.41) is 14.6. The third-order valence-electron chi connectivity index (χ3n) is 3.26. The van der Waals surface area contributed by atoms with E-state index in [1.54, 1.807) is 13.4 Å². The molecule has 1 aromatic heterocycles. The molecule has 5 nitrogen and oxygen atoms in total. The molecule has 0 bridgehead atoms. The fourth-order valence-corrected chi connectivity index (χ4v) is 2.29. The van der Waals surface area contributed by atoms with E-state index >= 15 is 0 Å². The molecule has 0 aliphatic rings. The Labute approximate surface area is 125 Å². The SMILES string of the molecule is COCc1cccc(C(O)Cc2ncnn2CC(C)C)c1. The summed E-state index contributed by atoms with van der Waals surface area (Å²) in [5.74, 6) is 1.31. The van der Waals surface area contributed by atoms with Gasteiger partial charge in [-0.2, -0.15) is 5.10 Å². The Bertz CT molecular complexity index is 566. The van der Waals surface area contributed by atoms with Crippen LogP contribution in [0.2, 0.25) is 0 Å². The van der Waals surface area contributed by atoms with Crippen LogP contribution in [0.5, 0.6) is 0 Å². The lowest BCUT2D eigenvalue weighted by Gasteiger charge is -2.13. The first-order valence-electron chi connectivity index (χ1n) is 7.22. The number of benzene rings is 1. The van der Waals surface area contributed by atoms with Crippen molar-refractivity contribution in [2.45, 2.75) is 39.5 Å². The molecule has 1 heterocycles. The number of rotatable bonds is 7. The molecule has 0 amide bonds. The van der Waals surface area contributed by atoms with Crippen molar-refractivity contribution in [3.05, 3.63) is 47.5 Å². The highest BCUT2D eigenvalue weighted by atomic mass is 16.5. The molecule has 2 rings (SSSR count). The van der Waals surface area contributed by atoms with Gasteiger partial charge in [-0.3, -0.25) is 0 Å². The monoisotopic (exact) mass is 289 g/mol. The summed E-state index contributed by atoms with van der Waals surface area (Å²) in [6, 6.07) is 7.82. The van der Waals surface area contributed by atoms with E-state index < -0.39 is 6.10 Å². The number of aromatic nitrogens is 3. The molecule has 1 atom stereocenters. The molecule has 1 unspecified atom stereocenters. The minimum Gasteiger partial charge on any atom is -0.388 e. The lowest BCUT2D eigenvalue weighted by Crippen LogP contribution is -2.13. The van der Waals surface area contributed by atoms with Gasteiger partial charge in [0, 0.05) is 20.1 Å². The van der Waals surface area contributed by atoms with Crippen LogP contribution in [-0.2, 0) is 24.3 Å². The average molecular weight is 289 g/mol. The standard InChI is InChI=1S/C16H23N3O2/c1-12(2)9-19-16(17-11-18-19)8-15(20)14-6-4-5-13(7-14)10-21-3/h4-7,11-12,15,20H,8-10H2,1-3H3. The molecule has 1 N–H and O–H groups in total. The Kier molecular flexibility index (Phi) is 5.47. The van der Waals surface area contributed by atoms with Gasteiger partial charge in [-0.25, -0.2) is 9.67 Å². The van der Waals surface area contributed by atoms with Gasteiger partial charge in [-0.1, -0.05) is 38.1 Å². The third-order valence-corrected chi connectivity index (χ3v) is 3.26. The van der Waals surface area contributed by atoms with E-state index in [9.17, 15) is 5.11 Å².